The summed E-state index contributed by atoms with van der Waals surface area (Å²) in [6.45, 7) is 1.36. The van der Waals surface area contributed by atoms with Crippen molar-refractivity contribution in [3.63, 3.8) is 0 Å². The van der Waals surface area contributed by atoms with E-state index in [0.717, 1.165) is 44.4 Å². The number of halogens is 3. The third kappa shape index (κ3) is 5.58. The van der Waals surface area contributed by atoms with E-state index in [9.17, 15) is 23.3 Å². The summed E-state index contributed by atoms with van der Waals surface area (Å²) >= 11 is 0. The number of rotatable bonds is 8. The van der Waals surface area contributed by atoms with Crippen molar-refractivity contribution in [1.29, 1.82) is 0 Å². The van der Waals surface area contributed by atoms with Gasteiger partial charge in [0.05, 0.1) is 17.0 Å². The number of quaternary nitrogens is 1. The van der Waals surface area contributed by atoms with Gasteiger partial charge >= 0.3 is 6.18 Å². The van der Waals surface area contributed by atoms with Gasteiger partial charge in [0.2, 0.25) is 0 Å². The van der Waals surface area contributed by atoms with Gasteiger partial charge in [0, 0.05) is 12.6 Å². The number of hydrogen-bond donors (Lipinski definition) is 2. The summed E-state index contributed by atoms with van der Waals surface area (Å²) < 4.78 is 37.6. The van der Waals surface area contributed by atoms with Gasteiger partial charge in [-0.05, 0) is 31.4 Å². The van der Waals surface area contributed by atoms with E-state index in [4.69, 9.17) is 0 Å². The lowest BCUT2D eigenvalue weighted by atomic mass is 10.1. The quantitative estimate of drug-likeness (QED) is 0.440. The molecule has 0 spiro atoms. The molecule has 0 unspecified atom stereocenters. The number of hydrogen-bond acceptors (Lipinski definition) is 3. The predicted molar refractivity (Wildman–Crippen MR) is 72.8 cm³/mol. The van der Waals surface area contributed by atoms with Crippen molar-refractivity contribution in [3.8, 4) is 0 Å². The van der Waals surface area contributed by atoms with Crippen LogP contribution in [-0.4, -0.2) is 18.0 Å². The molecule has 0 amide bonds. The summed E-state index contributed by atoms with van der Waals surface area (Å²) in [4.78, 5) is 10.1. The number of nitrogens with one attached hydrogen (secondary N) is 1. The largest absolute Gasteiger partial charge is 0.416 e. The van der Waals surface area contributed by atoms with Gasteiger partial charge in [0.1, 0.15) is 5.69 Å². The second-order valence-corrected chi connectivity index (χ2v) is 4.68. The fourth-order valence-electron chi connectivity index (χ4n) is 1.89. The van der Waals surface area contributed by atoms with Crippen molar-refractivity contribution in [2.75, 3.05) is 18.4 Å². The molecule has 4 N–H and O–H groups in total. The van der Waals surface area contributed by atoms with Crippen LogP contribution in [0.3, 0.4) is 0 Å². The molecule has 0 atom stereocenters. The molecule has 0 saturated carbocycles. The molecule has 0 heterocycles. The van der Waals surface area contributed by atoms with Gasteiger partial charge in [-0.2, -0.15) is 13.2 Å². The average Bonchev–Trinajstić information content (AvgIpc) is 2.41. The van der Waals surface area contributed by atoms with Gasteiger partial charge in [-0.3, -0.25) is 10.1 Å². The third-order valence-electron chi connectivity index (χ3n) is 3.01. The fraction of sp³-hybridized carbons (Fsp3) is 0.538. The third-order valence-corrected chi connectivity index (χ3v) is 3.01. The van der Waals surface area contributed by atoms with Crippen LogP contribution in [0.1, 0.15) is 31.2 Å². The maximum Gasteiger partial charge on any atom is 0.416 e. The summed E-state index contributed by atoms with van der Waals surface area (Å²) in [5, 5.41) is 13.7. The van der Waals surface area contributed by atoms with E-state index >= 15 is 0 Å². The highest BCUT2D eigenvalue weighted by atomic mass is 19.4. The predicted octanol–water partition coefficient (Wildman–Crippen LogP) is 2.83. The molecular weight excluding hydrogens is 287 g/mol. The molecule has 0 saturated heterocycles. The maximum atomic E-state index is 12.5. The van der Waals surface area contributed by atoms with Crippen LogP contribution in [0, 0.1) is 10.1 Å². The first-order valence-electron chi connectivity index (χ1n) is 6.75. The first-order valence-corrected chi connectivity index (χ1v) is 6.75. The van der Waals surface area contributed by atoms with Crippen molar-refractivity contribution < 1.29 is 23.8 Å². The van der Waals surface area contributed by atoms with Gasteiger partial charge < -0.3 is 11.1 Å². The Balaban J connectivity index is 2.67. The van der Waals surface area contributed by atoms with Crippen LogP contribution in [0.5, 0.6) is 0 Å². The Morgan fingerprint density at radius 1 is 1.19 bits per heavy atom. The molecule has 0 bridgehead atoms. The molecule has 1 rings (SSSR count). The molecule has 1 aromatic rings. The number of nitro groups is 1. The molecule has 8 heteroatoms. The lowest BCUT2D eigenvalue weighted by Crippen LogP contribution is -2.50. The van der Waals surface area contributed by atoms with E-state index in [1.807, 2.05) is 0 Å². The minimum absolute atomic E-state index is 0.116. The minimum Gasteiger partial charge on any atom is -0.379 e. The molecule has 0 aliphatic heterocycles. The maximum absolute atomic E-state index is 12.5. The number of anilines is 1. The Kier molecular flexibility index (Phi) is 6.41. The first-order chi connectivity index (χ1) is 9.86. The van der Waals surface area contributed by atoms with Gasteiger partial charge in [0.25, 0.3) is 5.69 Å². The van der Waals surface area contributed by atoms with E-state index < -0.39 is 22.4 Å². The highest BCUT2D eigenvalue weighted by Gasteiger charge is 2.32. The Bertz CT molecular complexity index is 478. The topological polar surface area (TPSA) is 82.8 Å². The van der Waals surface area contributed by atoms with E-state index in [1.54, 1.807) is 0 Å². The zero-order valence-electron chi connectivity index (χ0n) is 11.6. The normalized spacial score (nSPS) is 11.4. The molecule has 0 aromatic heterocycles. The van der Waals surface area contributed by atoms with E-state index in [-0.39, 0.29) is 5.69 Å². The average molecular weight is 306 g/mol. The Morgan fingerprint density at radius 2 is 1.86 bits per heavy atom. The first kappa shape index (κ1) is 17.2. The highest BCUT2D eigenvalue weighted by molar-refractivity contribution is 5.62. The lowest BCUT2D eigenvalue weighted by molar-refractivity contribution is -0.384. The molecule has 0 radical (unpaired) electrons. The smallest absolute Gasteiger partial charge is 0.379 e. The van der Waals surface area contributed by atoms with Crippen LogP contribution < -0.4 is 11.1 Å². The molecule has 0 aliphatic carbocycles. The molecule has 0 aliphatic rings. The van der Waals surface area contributed by atoms with Gasteiger partial charge in [-0.1, -0.05) is 6.42 Å². The number of alkyl halides is 3. The Labute approximate surface area is 120 Å². The van der Waals surface area contributed by atoms with Crippen molar-refractivity contribution in [1.82, 2.24) is 0 Å². The Hall–Kier alpha value is -1.83. The minimum atomic E-state index is -4.59. The van der Waals surface area contributed by atoms with Gasteiger partial charge in [-0.15, -0.1) is 0 Å². The number of nitrogens with zero attached hydrogens (tertiary/aromatic N) is 1. The Morgan fingerprint density at radius 3 is 2.43 bits per heavy atom. The lowest BCUT2D eigenvalue weighted by Gasteiger charge is -2.10. The molecule has 5 nitrogen and oxygen atoms in total. The number of nitro benzene ring substituents is 1. The zero-order valence-corrected chi connectivity index (χ0v) is 11.6. The summed E-state index contributed by atoms with van der Waals surface area (Å²) in [5.74, 6) is 0. The molecule has 1 aromatic carbocycles. The summed E-state index contributed by atoms with van der Waals surface area (Å²) in [7, 11) is 0. The fourth-order valence-corrected chi connectivity index (χ4v) is 1.89. The van der Waals surface area contributed by atoms with Crippen molar-refractivity contribution in [2.24, 2.45) is 0 Å². The van der Waals surface area contributed by atoms with Crippen LogP contribution >= 0.6 is 0 Å². The highest BCUT2D eigenvalue weighted by Crippen LogP contribution is 2.34. The molecule has 21 heavy (non-hydrogen) atoms. The second kappa shape index (κ2) is 7.82. The number of benzene rings is 1. The van der Waals surface area contributed by atoms with E-state index in [1.165, 1.54) is 0 Å². The van der Waals surface area contributed by atoms with E-state index in [2.05, 4.69) is 11.1 Å². The summed E-state index contributed by atoms with van der Waals surface area (Å²) in [6.07, 6.45) is -0.771. The van der Waals surface area contributed by atoms with Crippen LogP contribution in [-0.2, 0) is 6.18 Å². The van der Waals surface area contributed by atoms with Gasteiger partial charge in [-0.25, -0.2) is 0 Å². The van der Waals surface area contributed by atoms with E-state index in [0.29, 0.717) is 12.6 Å². The van der Waals surface area contributed by atoms with Crippen molar-refractivity contribution in [2.45, 2.75) is 31.9 Å². The molecule has 0 fully saturated rings. The van der Waals surface area contributed by atoms with Crippen molar-refractivity contribution in [3.05, 3.63) is 33.9 Å². The van der Waals surface area contributed by atoms with Crippen LogP contribution in [0.4, 0.5) is 24.5 Å². The van der Waals surface area contributed by atoms with Gasteiger partial charge in [0.15, 0.2) is 0 Å². The van der Waals surface area contributed by atoms with Crippen molar-refractivity contribution >= 4 is 11.4 Å². The SMILES string of the molecule is [NH3+]CCCCCCNc1ccc(C(F)(F)F)cc1[N+](=O)[O-]. The molecular formula is C13H19F3N3O2+. The monoisotopic (exact) mass is 306 g/mol. The summed E-state index contributed by atoms with van der Waals surface area (Å²) in [5.41, 5.74) is 2.27. The second-order valence-electron chi connectivity index (χ2n) is 4.68. The van der Waals surface area contributed by atoms with Crippen LogP contribution in [0.25, 0.3) is 0 Å². The summed E-state index contributed by atoms with van der Waals surface area (Å²) in [6, 6.07) is 2.51. The van der Waals surface area contributed by atoms with Crippen LogP contribution in [0.15, 0.2) is 18.2 Å². The zero-order chi connectivity index (χ0) is 15.9. The molecule has 118 valence electrons. The van der Waals surface area contributed by atoms with Crippen LogP contribution in [0.2, 0.25) is 0 Å². The standard InChI is InChI=1S/C13H18F3N3O2/c14-13(15,16)10-5-6-11(12(9-10)19(20)21)18-8-4-2-1-3-7-17/h5-6,9,18H,1-4,7-8,17H2/p+1. The number of unbranched alkanes of at least 4 members (excludes halogenated alkanes) is 3.